The number of nitrogens with zero attached hydrogens (tertiary/aromatic N) is 2. The van der Waals surface area contributed by atoms with Gasteiger partial charge in [-0.3, -0.25) is 4.98 Å². The Hall–Kier alpha value is -2.08. The lowest BCUT2D eigenvalue weighted by Gasteiger charge is -2.07. The molecule has 2 aromatic heterocycles. The summed E-state index contributed by atoms with van der Waals surface area (Å²) in [4.78, 5) is 7.89. The maximum absolute atomic E-state index is 12.8. The Morgan fingerprint density at radius 2 is 1.80 bits per heavy atom. The number of aromatic nitrogens is 2. The molecule has 0 saturated carbocycles. The molecule has 7 heteroatoms. The zero-order chi connectivity index (χ0) is 14.3. The van der Waals surface area contributed by atoms with E-state index in [0.717, 1.165) is 12.1 Å². The van der Waals surface area contributed by atoms with Gasteiger partial charge in [-0.05, 0) is 18.2 Å². The van der Waals surface area contributed by atoms with E-state index in [9.17, 15) is 13.2 Å². The van der Waals surface area contributed by atoms with Crippen LogP contribution in [0, 0.1) is 0 Å². The summed E-state index contributed by atoms with van der Waals surface area (Å²) in [5.41, 5.74) is 0.00507. The van der Waals surface area contributed by atoms with E-state index < -0.39 is 16.8 Å². The highest BCUT2D eigenvalue weighted by Crippen LogP contribution is 2.37. The van der Waals surface area contributed by atoms with Gasteiger partial charge in [0.15, 0.2) is 5.58 Å². The molecule has 0 fully saturated rings. The quantitative estimate of drug-likeness (QED) is 0.661. The number of hydrogen-bond donors (Lipinski definition) is 0. The molecule has 0 radical (unpaired) electrons. The minimum Gasteiger partial charge on any atom is -0.436 e. The second-order valence-electron chi connectivity index (χ2n) is 4.05. The Kier molecular flexibility index (Phi) is 2.90. The van der Waals surface area contributed by atoms with Crippen molar-refractivity contribution in [2.45, 2.75) is 6.18 Å². The first-order valence-electron chi connectivity index (χ1n) is 5.53. The Labute approximate surface area is 116 Å². The van der Waals surface area contributed by atoms with Crippen molar-refractivity contribution in [2.24, 2.45) is 0 Å². The van der Waals surface area contributed by atoms with Crippen LogP contribution in [-0.4, -0.2) is 9.97 Å². The van der Waals surface area contributed by atoms with Crippen LogP contribution >= 0.6 is 11.6 Å². The van der Waals surface area contributed by atoms with E-state index >= 15 is 0 Å². The van der Waals surface area contributed by atoms with E-state index in [2.05, 4.69) is 9.97 Å². The molecule has 3 aromatic rings. The third-order valence-corrected chi connectivity index (χ3v) is 3.02. The topological polar surface area (TPSA) is 38.9 Å². The van der Waals surface area contributed by atoms with Crippen molar-refractivity contribution in [3.63, 3.8) is 0 Å². The van der Waals surface area contributed by atoms with E-state index in [-0.39, 0.29) is 17.0 Å². The average molecular weight is 299 g/mol. The van der Waals surface area contributed by atoms with Crippen molar-refractivity contribution in [1.82, 2.24) is 9.97 Å². The molecule has 3 nitrogen and oxygen atoms in total. The molecule has 0 atom stereocenters. The van der Waals surface area contributed by atoms with Gasteiger partial charge in [-0.2, -0.15) is 13.2 Å². The van der Waals surface area contributed by atoms with Gasteiger partial charge in [0.2, 0.25) is 5.89 Å². The molecular weight excluding hydrogens is 293 g/mol. The highest BCUT2D eigenvalue weighted by molar-refractivity contribution is 6.32. The fraction of sp³-hybridized carbons (Fsp3) is 0.0769. The van der Waals surface area contributed by atoms with Crippen LogP contribution in [0.3, 0.4) is 0 Å². The summed E-state index contributed by atoms with van der Waals surface area (Å²) in [7, 11) is 0. The van der Waals surface area contributed by atoms with E-state index in [4.69, 9.17) is 16.0 Å². The van der Waals surface area contributed by atoms with Crippen molar-refractivity contribution in [1.29, 1.82) is 0 Å². The van der Waals surface area contributed by atoms with E-state index in [1.165, 1.54) is 0 Å². The van der Waals surface area contributed by atoms with Crippen molar-refractivity contribution in [3.8, 4) is 11.5 Å². The number of alkyl halides is 3. The van der Waals surface area contributed by atoms with Crippen molar-refractivity contribution >= 4 is 22.7 Å². The largest absolute Gasteiger partial charge is 0.436 e. The number of rotatable bonds is 1. The summed E-state index contributed by atoms with van der Waals surface area (Å²) in [6.07, 6.45) is -1.45. The summed E-state index contributed by atoms with van der Waals surface area (Å²) in [6, 6.07) is 5.30. The molecule has 102 valence electrons. The number of oxazole rings is 1. The Morgan fingerprint density at radius 3 is 2.45 bits per heavy atom. The summed E-state index contributed by atoms with van der Waals surface area (Å²) < 4.78 is 43.7. The summed E-state index contributed by atoms with van der Waals surface area (Å²) in [5, 5.41) is -0.414. The SMILES string of the molecule is FC(F)(F)c1cc2nc(-c3ccncc3)oc2cc1Cl. The Balaban J connectivity index is 2.17. The van der Waals surface area contributed by atoms with Gasteiger partial charge in [0.25, 0.3) is 0 Å². The molecular formula is C13H6ClF3N2O. The molecule has 0 amide bonds. The fourth-order valence-electron chi connectivity index (χ4n) is 1.78. The van der Waals surface area contributed by atoms with Gasteiger partial charge in [0.05, 0.1) is 10.6 Å². The van der Waals surface area contributed by atoms with Crippen molar-refractivity contribution in [2.75, 3.05) is 0 Å². The molecule has 20 heavy (non-hydrogen) atoms. The number of hydrogen-bond acceptors (Lipinski definition) is 3. The van der Waals surface area contributed by atoms with Crippen LogP contribution in [0.25, 0.3) is 22.6 Å². The van der Waals surface area contributed by atoms with Crippen LogP contribution in [0.1, 0.15) is 5.56 Å². The highest BCUT2D eigenvalue weighted by Gasteiger charge is 2.34. The number of pyridine rings is 1. The molecule has 2 heterocycles. The summed E-state index contributed by atoms with van der Waals surface area (Å²) >= 11 is 5.63. The van der Waals surface area contributed by atoms with Crippen LogP contribution in [0.4, 0.5) is 13.2 Å². The molecule has 0 N–H and O–H groups in total. The van der Waals surface area contributed by atoms with Crippen molar-refractivity contribution < 1.29 is 17.6 Å². The van der Waals surface area contributed by atoms with E-state index in [1.54, 1.807) is 24.5 Å². The lowest BCUT2D eigenvalue weighted by molar-refractivity contribution is -0.137. The number of fused-ring (bicyclic) bond motifs is 1. The molecule has 0 spiro atoms. The molecule has 0 aliphatic heterocycles. The predicted octanol–water partition coefficient (Wildman–Crippen LogP) is 4.56. The van der Waals surface area contributed by atoms with Gasteiger partial charge < -0.3 is 4.42 Å². The number of benzene rings is 1. The summed E-state index contributed by atoms with van der Waals surface area (Å²) in [6.45, 7) is 0. The monoisotopic (exact) mass is 298 g/mol. The molecule has 3 rings (SSSR count). The maximum atomic E-state index is 12.8. The van der Waals surface area contributed by atoms with Crippen LogP contribution in [0.2, 0.25) is 5.02 Å². The van der Waals surface area contributed by atoms with Gasteiger partial charge in [0.1, 0.15) is 5.52 Å². The second-order valence-corrected chi connectivity index (χ2v) is 4.46. The van der Waals surface area contributed by atoms with Gasteiger partial charge in [-0.25, -0.2) is 4.98 Å². The van der Waals surface area contributed by atoms with Gasteiger partial charge >= 0.3 is 6.18 Å². The zero-order valence-electron chi connectivity index (χ0n) is 9.78. The van der Waals surface area contributed by atoms with Crippen LogP contribution in [0.5, 0.6) is 0 Å². The first-order chi connectivity index (χ1) is 9.45. The lowest BCUT2D eigenvalue weighted by Crippen LogP contribution is -2.05. The van der Waals surface area contributed by atoms with Crippen LogP contribution < -0.4 is 0 Å². The maximum Gasteiger partial charge on any atom is 0.417 e. The zero-order valence-corrected chi connectivity index (χ0v) is 10.5. The minimum atomic E-state index is -4.53. The average Bonchev–Trinajstić information content (AvgIpc) is 2.80. The van der Waals surface area contributed by atoms with Crippen molar-refractivity contribution in [3.05, 3.63) is 47.2 Å². The first-order valence-corrected chi connectivity index (χ1v) is 5.90. The molecule has 1 aromatic carbocycles. The molecule has 0 saturated heterocycles. The minimum absolute atomic E-state index is 0.105. The Bertz CT molecular complexity index is 768. The van der Waals surface area contributed by atoms with Gasteiger partial charge in [-0.15, -0.1) is 0 Å². The highest BCUT2D eigenvalue weighted by atomic mass is 35.5. The van der Waals surface area contributed by atoms with Crippen LogP contribution in [0.15, 0.2) is 41.1 Å². The molecule has 0 unspecified atom stereocenters. The van der Waals surface area contributed by atoms with E-state index in [1.807, 2.05) is 0 Å². The third kappa shape index (κ3) is 2.22. The summed E-state index contributed by atoms with van der Waals surface area (Å²) in [5.74, 6) is 0.220. The predicted molar refractivity (Wildman–Crippen MR) is 67.3 cm³/mol. The second kappa shape index (κ2) is 4.49. The van der Waals surface area contributed by atoms with E-state index in [0.29, 0.717) is 5.56 Å². The molecule has 0 aliphatic rings. The van der Waals surface area contributed by atoms with Gasteiger partial charge in [0, 0.05) is 24.0 Å². The smallest absolute Gasteiger partial charge is 0.417 e. The van der Waals surface area contributed by atoms with Crippen LogP contribution in [-0.2, 0) is 6.18 Å². The number of halogens is 4. The molecule has 0 bridgehead atoms. The fourth-order valence-corrected chi connectivity index (χ4v) is 2.05. The van der Waals surface area contributed by atoms with Gasteiger partial charge in [-0.1, -0.05) is 11.6 Å². The lowest BCUT2D eigenvalue weighted by atomic mass is 10.2. The Morgan fingerprint density at radius 1 is 1.10 bits per heavy atom. The first kappa shape index (κ1) is 12.9. The third-order valence-electron chi connectivity index (χ3n) is 2.71. The normalized spacial score (nSPS) is 12.0. The molecule has 0 aliphatic carbocycles. The standard InChI is InChI=1S/C13H6ClF3N2O/c14-9-6-11-10(5-8(9)13(15,16)17)19-12(20-11)7-1-3-18-4-2-7/h1-6H.